The molecule has 32 heavy (non-hydrogen) atoms. The average Bonchev–Trinajstić information content (AvgIpc) is 3.42. The first-order valence-corrected chi connectivity index (χ1v) is 16.9. The molecule has 2 heterocycles. The van der Waals surface area contributed by atoms with Crippen molar-refractivity contribution in [2.24, 2.45) is 10.1 Å². The summed E-state index contributed by atoms with van der Waals surface area (Å²) < 4.78 is 16.7. The van der Waals surface area contributed by atoms with Crippen LogP contribution in [0.1, 0.15) is 48.2 Å². The third-order valence-corrected chi connectivity index (χ3v) is 9.18. The fourth-order valence-electron chi connectivity index (χ4n) is 3.77. The van der Waals surface area contributed by atoms with Gasteiger partial charge in [0.1, 0.15) is 0 Å². The van der Waals surface area contributed by atoms with Gasteiger partial charge in [-0.1, -0.05) is 0 Å². The molecule has 2 aliphatic heterocycles. The van der Waals surface area contributed by atoms with Gasteiger partial charge in [-0.2, -0.15) is 0 Å². The number of benzene rings is 1. The van der Waals surface area contributed by atoms with E-state index in [2.05, 4.69) is 30.7 Å². The average molecular weight is 551 g/mol. The van der Waals surface area contributed by atoms with Crippen LogP contribution in [-0.4, -0.2) is 70.1 Å². The van der Waals surface area contributed by atoms with Crippen molar-refractivity contribution in [1.82, 2.24) is 0 Å². The second-order valence-corrected chi connectivity index (χ2v) is 14.2. The molecule has 0 spiro atoms. The van der Waals surface area contributed by atoms with E-state index in [-0.39, 0.29) is 11.8 Å². The molecule has 2 atom stereocenters. The van der Waals surface area contributed by atoms with Crippen LogP contribution in [0.5, 0.6) is 0 Å². The summed E-state index contributed by atoms with van der Waals surface area (Å²) in [7, 11) is 1.22. The molecule has 0 saturated heterocycles. The second-order valence-electron chi connectivity index (χ2n) is 7.71. The van der Waals surface area contributed by atoms with Gasteiger partial charge in [-0.15, -0.1) is 0 Å². The molecule has 1 aromatic carbocycles. The van der Waals surface area contributed by atoms with Crippen molar-refractivity contribution in [2.45, 2.75) is 55.7 Å². The molecule has 3 rings (SSSR count). The van der Waals surface area contributed by atoms with Crippen LogP contribution in [0.15, 0.2) is 33.6 Å². The van der Waals surface area contributed by atoms with E-state index in [9.17, 15) is 9.59 Å². The van der Waals surface area contributed by atoms with E-state index in [1.54, 1.807) is 13.1 Å². The van der Waals surface area contributed by atoms with Gasteiger partial charge in [-0.25, -0.2) is 0 Å². The van der Waals surface area contributed by atoms with Crippen molar-refractivity contribution in [2.75, 3.05) is 13.7 Å². The molecule has 0 fully saturated rings. The number of carbonyl (C=O) groups is 2. The number of carbonyl (C=O) groups excluding carboxylic acids is 2. The molecule has 0 aliphatic carbocycles. The molecule has 0 aromatic heterocycles. The van der Waals surface area contributed by atoms with Gasteiger partial charge in [0, 0.05) is 0 Å². The Morgan fingerprint density at radius 3 is 2.66 bits per heavy atom. The number of allylic oxidation sites excluding steroid dienone is 1. The number of rotatable bonds is 8. The number of Topliss-reactive ketones (excluding diaryl/α,β-unsaturated/α-hetero) is 1. The van der Waals surface area contributed by atoms with E-state index in [1.807, 2.05) is 19.9 Å². The molecule has 0 bridgehead atoms. The Balaban J connectivity index is 2.01. The first-order valence-electron chi connectivity index (χ1n) is 10.5. The molecule has 172 valence electrons. The Morgan fingerprint density at radius 1 is 1.31 bits per heavy atom. The zero-order chi connectivity index (χ0) is 23.4. The van der Waals surface area contributed by atoms with Gasteiger partial charge in [0.2, 0.25) is 0 Å². The van der Waals surface area contributed by atoms with Crippen LogP contribution in [0.4, 0.5) is 4.79 Å². The molecule has 0 saturated carbocycles. The minimum Gasteiger partial charge on any atom is 0.0843 e. The second kappa shape index (κ2) is 10.5. The van der Waals surface area contributed by atoms with Gasteiger partial charge in [-0.3, -0.25) is 0 Å². The monoisotopic (exact) mass is 550 g/mol. The quantitative estimate of drug-likeness (QED) is 0.213. The van der Waals surface area contributed by atoms with Crippen LogP contribution in [-0.2, 0) is 19.0 Å². The molecule has 8 nitrogen and oxygen atoms in total. The Morgan fingerprint density at radius 2 is 2.06 bits per heavy atom. The van der Waals surface area contributed by atoms with E-state index in [4.69, 9.17) is 14.3 Å². The summed E-state index contributed by atoms with van der Waals surface area (Å²) in [5.41, 5.74) is 3.81. The Kier molecular flexibility index (Phi) is 7.99. The topological polar surface area (TPSA) is 95.8 Å². The molecule has 2 unspecified atom stereocenters. The summed E-state index contributed by atoms with van der Waals surface area (Å²) in [6.45, 7) is 6.05. The van der Waals surface area contributed by atoms with Crippen LogP contribution >= 0.6 is 0 Å². The summed E-state index contributed by atoms with van der Waals surface area (Å²) in [6, 6.07) is 3.64. The van der Waals surface area contributed by atoms with Gasteiger partial charge < -0.3 is 0 Å². The van der Waals surface area contributed by atoms with Crippen molar-refractivity contribution in [3.05, 3.63) is 40.2 Å². The fourth-order valence-corrected chi connectivity index (χ4v) is 6.96. The third kappa shape index (κ3) is 5.01. The van der Waals surface area contributed by atoms with Crippen molar-refractivity contribution in [3.63, 3.8) is 0 Å². The summed E-state index contributed by atoms with van der Waals surface area (Å²) in [4.78, 5) is 39.3. The molecule has 9 heteroatoms. The number of methoxy groups -OCH3 is 1. The molecule has 1 aromatic rings. The van der Waals surface area contributed by atoms with E-state index in [0.29, 0.717) is 29.9 Å². The van der Waals surface area contributed by atoms with Gasteiger partial charge in [0.05, 0.1) is 7.11 Å². The van der Waals surface area contributed by atoms with Gasteiger partial charge in [0.25, 0.3) is 0 Å². The molecule has 0 radical (unpaired) electrons. The minimum absolute atomic E-state index is 0.175. The number of ketones is 1. The first kappa shape index (κ1) is 24.3. The SMILES string of the molecule is CCC1N=CC(C(=O)c2cc[c]([Sb]([CH3])[CH3])c(C3=NOCC3)c2C)=C1OC(C)OC(=O)OC. The smallest absolute Gasteiger partial charge is 0.0843 e. The van der Waals surface area contributed by atoms with Gasteiger partial charge in [-0.05, 0) is 0 Å². The van der Waals surface area contributed by atoms with E-state index >= 15 is 0 Å². The van der Waals surface area contributed by atoms with Crippen LogP contribution < -0.4 is 3.51 Å². The number of ether oxygens (including phenoxy) is 3. The van der Waals surface area contributed by atoms with Crippen LogP contribution in [0.2, 0.25) is 9.74 Å². The Hall–Kier alpha value is -2.34. The number of aliphatic imine (C=N–C) groups is 1. The predicted molar refractivity (Wildman–Crippen MR) is 123 cm³/mol. The van der Waals surface area contributed by atoms with Crippen LogP contribution in [0.3, 0.4) is 0 Å². The predicted octanol–water partition coefficient (Wildman–Crippen LogP) is 3.53. The normalized spacial score (nSPS) is 18.5. The van der Waals surface area contributed by atoms with Gasteiger partial charge >= 0.3 is 189 Å². The summed E-state index contributed by atoms with van der Waals surface area (Å²) in [6.07, 6.45) is 1.16. The molecule has 0 N–H and O–H groups in total. The maximum absolute atomic E-state index is 13.6. The van der Waals surface area contributed by atoms with Gasteiger partial charge in [0.15, 0.2) is 0 Å². The zero-order valence-electron chi connectivity index (χ0n) is 19.3. The van der Waals surface area contributed by atoms with Crippen molar-refractivity contribution in [3.8, 4) is 0 Å². The first-order chi connectivity index (χ1) is 15.3. The number of oxime groups is 1. The fraction of sp³-hybridized carbons (Fsp3) is 0.478. The standard InChI is InChI=1S/C21H23N2O6.2CH3.Sb/c1-5-17-20(28-13(3)29-21(25)26-4)16(11-22-17)19(24)15-8-6-7-14(12(15)2)18-9-10-27-23-18;;;/h6,8,11,13,17H,5,9-10H2,1-4H3;2*1H3;. The van der Waals surface area contributed by atoms with Crippen molar-refractivity contribution < 1.29 is 28.6 Å². The number of hydrogen-bond donors (Lipinski definition) is 0. The minimum atomic E-state index is -1.63. The maximum atomic E-state index is 13.6. The molecule has 2 aliphatic rings. The number of hydrogen-bond acceptors (Lipinski definition) is 8. The van der Waals surface area contributed by atoms with E-state index in [0.717, 1.165) is 23.3 Å². The Labute approximate surface area is 195 Å². The van der Waals surface area contributed by atoms with Crippen LogP contribution in [0.25, 0.3) is 0 Å². The molecular weight excluding hydrogens is 522 g/mol. The van der Waals surface area contributed by atoms with E-state index in [1.165, 1.54) is 10.6 Å². The third-order valence-electron chi connectivity index (χ3n) is 5.37. The summed E-state index contributed by atoms with van der Waals surface area (Å²) >= 11 is -1.63. The van der Waals surface area contributed by atoms with Crippen molar-refractivity contribution in [1.29, 1.82) is 0 Å². The van der Waals surface area contributed by atoms with E-state index < -0.39 is 32.7 Å². The summed E-state index contributed by atoms with van der Waals surface area (Å²) in [5, 5.41) is 4.23. The van der Waals surface area contributed by atoms with Crippen molar-refractivity contribution >= 4 is 47.6 Å². The molecule has 0 amide bonds. The number of nitrogens with zero attached hydrogens (tertiary/aromatic N) is 2. The Bertz CT molecular complexity index is 998. The summed E-state index contributed by atoms with van der Waals surface area (Å²) in [5.74, 6) is 0.229. The van der Waals surface area contributed by atoms with Crippen LogP contribution in [0, 0.1) is 6.92 Å². The molecular formula is C23H29N2O6Sb. The zero-order valence-corrected chi connectivity index (χ0v) is 21.9.